The van der Waals surface area contributed by atoms with Crippen LogP contribution in [-0.4, -0.2) is 38.9 Å². The number of nitrogens with one attached hydrogen (secondary N) is 1. The highest BCUT2D eigenvalue weighted by molar-refractivity contribution is 5.75. The molecule has 0 aliphatic carbocycles. The molecule has 5 nitrogen and oxygen atoms in total. The minimum absolute atomic E-state index is 0.0917. The molecule has 5 heteroatoms. The molecule has 0 aromatic rings. The van der Waals surface area contributed by atoms with E-state index in [4.69, 9.17) is 4.89 Å². The first-order valence-corrected chi connectivity index (χ1v) is 5.19. The highest BCUT2D eigenvalue weighted by Crippen LogP contribution is 2.00. The fourth-order valence-electron chi connectivity index (χ4n) is 1.21. The molecule has 0 bridgehead atoms. The van der Waals surface area contributed by atoms with Crippen LogP contribution < -0.4 is 5.32 Å². The highest BCUT2D eigenvalue weighted by Gasteiger charge is 2.20. The Kier molecular flexibility index (Phi) is 8.27. The Balaban J connectivity index is 4.05. The van der Waals surface area contributed by atoms with Crippen molar-refractivity contribution in [2.75, 3.05) is 20.8 Å². The molecule has 0 saturated carbocycles. The Morgan fingerprint density at radius 3 is 2.33 bits per heavy atom. The SMILES string of the molecule is CCC(N[C@H](CC)COOC)C(=O)OC. The molecule has 0 amide bonds. The molecule has 2 atom stereocenters. The molecule has 1 unspecified atom stereocenters. The van der Waals surface area contributed by atoms with Crippen LogP contribution in [0.25, 0.3) is 0 Å². The predicted octanol–water partition coefficient (Wildman–Crippen LogP) is 0.884. The summed E-state index contributed by atoms with van der Waals surface area (Å²) in [4.78, 5) is 20.7. The van der Waals surface area contributed by atoms with Crippen molar-refractivity contribution in [3.8, 4) is 0 Å². The van der Waals surface area contributed by atoms with Crippen LogP contribution in [0.15, 0.2) is 0 Å². The Hall–Kier alpha value is -0.650. The topological polar surface area (TPSA) is 56.8 Å². The van der Waals surface area contributed by atoms with Crippen molar-refractivity contribution in [2.24, 2.45) is 0 Å². The molecule has 0 aliphatic heterocycles. The molecule has 15 heavy (non-hydrogen) atoms. The van der Waals surface area contributed by atoms with Gasteiger partial charge in [0.25, 0.3) is 0 Å². The van der Waals surface area contributed by atoms with E-state index in [-0.39, 0.29) is 18.1 Å². The fourth-order valence-corrected chi connectivity index (χ4v) is 1.21. The van der Waals surface area contributed by atoms with Crippen LogP contribution in [0.1, 0.15) is 26.7 Å². The van der Waals surface area contributed by atoms with Crippen LogP contribution in [0.3, 0.4) is 0 Å². The molecule has 0 radical (unpaired) electrons. The van der Waals surface area contributed by atoms with E-state index in [0.717, 1.165) is 6.42 Å². The zero-order valence-corrected chi connectivity index (χ0v) is 9.91. The van der Waals surface area contributed by atoms with E-state index in [1.54, 1.807) is 0 Å². The van der Waals surface area contributed by atoms with Crippen LogP contribution in [0.5, 0.6) is 0 Å². The lowest BCUT2D eigenvalue weighted by atomic mass is 10.1. The minimum atomic E-state index is -0.277. The van der Waals surface area contributed by atoms with Gasteiger partial charge < -0.3 is 4.74 Å². The van der Waals surface area contributed by atoms with Gasteiger partial charge in [-0.15, -0.1) is 0 Å². The summed E-state index contributed by atoms with van der Waals surface area (Å²) < 4.78 is 4.68. The monoisotopic (exact) mass is 219 g/mol. The average molecular weight is 219 g/mol. The van der Waals surface area contributed by atoms with Crippen molar-refractivity contribution in [3.63, 3.8) is 0 Å². The first kappa shape index (κ1) is 14.3. The van der Waals surface area contributed by atoms with E-state index < -0.39 is 0 Å². The molecule has 0 aromatic carbocycles. The summed E-state index contributed by atoms with van der Waals surface area (Å²) in [5.74, 6) is -0.242. The Bertz CT molecular complexity index is 175. The second-order valence-corrected chi connectivity index (χ2v) is 3.21. The first-order valence-electron chi connectivity index (χ1n) is 5.19. The van der Waals surface area contributed by atoms with Gasteiger partial charge in [-0.05, 0) is 12.8 Å². The standard InChI is InChI=1S/C10H21NO4/c1-5-8(7-15-14-4)11-9(6-2)10(12)13-3/h8-9,11H,5-7H2,1-4H3/t8-,9?/m1/s1. The Morgan fingerprint density at radius 2 is 1.93 bits per heavy atom. The van der Waals surface area contributed by atoms with Gasteiger partial charge in [0.1, 0.15) is 6.04 Å². The number of hydrogen-bond acceptors (Lipinski definition) is 5. The van der Waals surface area contributed by atoms with E-state index in [2.05, 4.69) is 14.9 Å². The second kappa shape index (κ2) is 8.64. The van der Waals surface area contributed by atoms with Crippen molar-refractivity contribution >= 4 is 5.97 Å². The molecule has 0 saturated heterocycles. The molecule has 90 valence electrons. The van der Waals surface area contributed by atoms with Gasteiger partial charge in [0.2, 0.25) is 0 Å². The maximum absolute atomic E-state index is 11.3. The molecular formula is C10H21NO4. The zero-order chi connectivity index (χ0) is 11.7. The maximum Gasteiger partial charge on any atom is 0.322 e. The predicted molar refractivity (Wildman–Crippen MR) is 56.3 cm³/mol. The maximum atomic E-state index is 11.3. The molecule has 0 rings (SSSR count). The highest BCUT2D eigenvalue weighted by atomic mass is 17.2. The second-order valence-electron chi connectivity index (χ2n) is 3.21. The zero-order valence-electron chi connectivity index (χ0n) is 9.91. The van der Waals surface area contributed by atoms with Gasteiger partial charge in [-0.2, -0.15) is 0 Å². The molecular weight excluding hydrogens is 198 g/mol. The van der Waals surface area contributed by atoms with Crippen LogP contribution in [-0.2, 0) is 19.3 Å². The molecule has 1 N–H and O–H groups in total. The summed E-state index contributed by atoms with van der Waals surface area (Å²) in [5, 5.41) is 3.16. The molecule has 0 spiro atoms. The lowest BCUT2D eigenvalue weighted by molar-refractivity contribution is -0.276. The summed E-state index contributed by atoms with van der Waals surface area (Å²) >= 11 is 0. The van der Waals surface area contributed by atoms with Crippen LogP contribution in [0, 0.1) is 0 Å². The summed E-state index contributed by atoms with van der Waals surface area (Å²) in [6, 6.07) is -0.186. The summed E-state index contributed by atoms with van der Waals surface area (Å²) in [7, 11) is 2.85. The van der Waals surface area contributed by atoms with E-state index in [1.807, 2.05) is 13.8 Å². The number of carbonyl (C=O) groups excluding carboxylic acids is 1. The largest absolute Gasteiger partial charge is 0.468 e. The number of methoxy groups -OCH3 is 1. The quantitative estimate of drug-likeness (QED) is 0.373. The van der Waals surface area contributed by atoms with E-state index in [1.165, 1.54) is 14.2 Å². The number of esters is 1. The van der Waals surface area contributed by atoms with Crippen molar-refractivity contribution in [2.45, 2.75) is 38.8 Å². The first-order chi connectivity index (χ1) is 7.19. The number of carbonyl (C=O) groups is 1. The van der Waals surface area contributed by atoms with Gasteiger partial charge >= 0.3 is 5.97 Å². The number of hydrogen-bond donors (Lipinski definition) is 1. The minimum Gasteiger partial charge on any atom is -0.468 e. The van der Waals surface area contributed by atoms with E-state index in [0.29, 0.717) is 13.0 Å². The third-order valence-electron chi connectivity index (χ3n) is 2.21. The molecule has 0 aromatic heterocycles. The molecule has 0 heterocycles. The molecule has 0 aliphatic rings. The third kappa shape index (κ3) is 5.71. The van der Waals surface area contributed by atoms with Crippen LogP contribution in [0.2, 0.25) is 0 Å². The normalized spacial score (nSPS) is 14.7. The summed E-state index contributed by atoms with van der Waals surface area (Å²) in [6.07, 6.45) is 1.55. The summed E-state index contributed by atoms with van der Waals surface area (Å²) in [6.45, 7) is 4.36. The van der Waals surface area contributed by atoms with Crippen molar-refractivity contribution in [3.05, 3.63) is 0 Å². The lowest BCUT2D eigenvalue weighted by Gasteiger charge is -2.21. The fraction of sp³-hybridized carbons (Fsp3) is 0.900. The van der Waals surface area contributed by atoms with E-state index >= 15 is 0 Å². The van der Waals surface area contributed by atoms with E-state index in [9.17, 15) is 4.79 Å². The Labute approximate surface area is 91.0 Å². The van der Waals surface area contributed by atoms with Crippen molar-refractivity contribution in [1.82, 2.24) is 5.32 Å². The van der Waals surface area contributed by atoms with Crippen LogP contribution in [0.4, 0.5) is 0 Å². The third-order valence-corrected chi connectivity index (χ3v) is 2.21. The van der Waals surface area contributed by atoms with Crippen molar-refractivity contribution < 1.29 is 19.3 Å². The molecule has 0 fully saturated rings. The van der Waals surface area contributed by atoms with Gasteiger partial charge in [0.15, 0.2) is 0 Å². The smallest absolute Gasteiger partial charge is 0.322 e. The Morgan fingerprint density at radius 1 is 1.27 bits per heavy atom. The van der Waals surface area contributed by atoms with Gasteiger partial charge in [-0.1, -0.05) is 13.8 Å². The average Bonchev–Trinajstić information content (AvgIpc) is 2.28. The van der Waals surface area contributed by atoms with Gasteiger partial charge in [-0.25, -0.2) is 9.78 Å². The van der Waals surface area contributed by atoms with Gasteiger partial charge in [0.05, 0.1) is 20.8 Å². The van der Waals surface area contributed by atoms with Crippen molar-refractivity contribution in [1.29, 1.82) is 0 Å². The van der Waals surface area contributed by atoms with Gasteiger partial charge in [-0.3, -0.25) is 10.1 Å². The number of ether oxygens (including phenoxy) is 1. The lowest BCUT2D eigenvalue weighted by Crippen LogP contribution is -2.45. The summed E-state index contributed by atoms with van der Waals surface area (Å²) in [5.41, 5.74) is 0. The number of rotatable bonds is 8. The van der Waals surface area contributed by atoms with Crippen LogP contribution >= 0.6 is 0 Å². The van der Waals surface area contributed by atoms with Gasteiger partial charge in [0, 0.05) is 6.04 Å².